The predicted molar refractivity (Wildman–Crippen MR) is 81.6 cm³/mol. The molecule has 19 heavy (non-hydrogen) atoms. The summed E-state index contributed by atoms with van der Waals surface area (Å²) >= 11 is 12.0. The number of nitrogens with two attached hydrogens (primary N) is 1. The molecule has 0 heterocycles. The summed E-state index contributed by atoms with van der Waals surface area (Å²) in [5.41, 5.74) is 3.68. The second kappa shape index (κ2) is 7.46. The van der Waals surface area contributed by atoms with Gasteiger partial charge < -0.3 is 4.74 Å². The molecule has 5 heteroatoms. The first-order chi connectivity index (χ1) is 9.02. The second-order valence-electron chi connectivity index (χ2n) is 4.65. The van der Waals surface area contributed by atoms with Crippen LogP contribution in [-0.2, 0) is 11.2 Å². The Bertz CT molecular complexity index is 400. The van der Waals surface area contributed by atoms with E-state index in [-0.39, 0.29) is 11.6 Å². The zero-order valence-electron chi connectivity index (χ0n) is 11.7. The Labute approximate surface area is 125 Å². The minimum atomic E-state index is -0.277. The maximum absolute atomic E-state index is 6.04. The number of ether oxygens (including phenoxy) is 1. The van der Waals surface area contributed by atoms with Crippen molar-refractivity contribution in [3.05, 3.63) is 33.8 Å². The zero-order chi connectivity index (χ0) is 14.5. The van der Waals surface area contributed by atoms with Gasteiger partial charge in [0.15, 0.2) is 0 Å². The van der Waals surface area contributed by atoms with Crippen LogP contribution >= 0.6 is 23.2 Å². The molecule has 108 valence electrons. The molecule has 0 aliphatic carbocycles. The van der Waals surface area contributed by atoms with Crippen LogP contribution in [0.1, 0.15) is 32.3 Å². The van der Waals surface area contributed by atoms with Crippen LogP contribution in [0.5, 0.6) is 0 Å². The van der Waals surface area contributed by atoms with Crippen molar-refractivity contribution in [2.45, 2.75) is 44.8 Å². The molecule has 1 aromatic rings. The van der Waals surface area contributed by atoms with E-state index in [0.717, 1.165) is 24.8 Å². The molecule has 0 bridgehead atoms. The van der Waals surface area contributed by atoms with Gasteiger partial charge in [0, 0.05) is 7.11 Å². The van der Waals surface area contributed by atoms with Crippen LogP contribution in [0.4, 0.5) is 0 Å². The SMILES string of the molecule is CCC(CC)(OC)C(Cc1ccc(Cl)c(Cl)c1)NN. The predicted octanol–water partition coefficient (Wildman–Crippen LogP) is 3.57. The Morgan fingerprint density at radius 3 is 2.32 bits per heavy atom. The van der Waals surface area contributed by atoms with Gasteiger partial charge in [0.1, 0.15) is 0 Å². The highest BCUT2D eigenvalue weighted by atomic mass is 35.5. The first kappa shape index (κ1) is 16.7. The van der Waals surface area contributed by atoms with Gasteiger partial charge in [0.2, 0.25) is 0 Å². The highest BCUT2D eigenvalue weighted by molar-refractivity contribution is 6.42. The molecule has 3 N–H and O–H groups in total. The van der Waals surface area contributed by atoms with Crippen LogP contribution < -0.4 is 11.3 Å². The van der Waals surface area contributed by atoms with E-state index in [1.165, 1.54) is 0 Å². The molecule has 1 aromatic carbocycles. The number of methoxy groups -OCH3 is 1. The van der Waals surface area contributed by atoms with Gasteiger partial charge in [-0.2, -0.15) is 0 Å². The lowest BCUT2D eigenvalue weighted by Gasteiger charge is -2.38. The van der Waals surface area contributed by atoms with Crippen molar-refractivity contribution in [1.82, 2.24) is 5.43 Å². The van der Waals surface area contributed by atoms with E-state index < -0.39 is 0 Å². The number of halogens is 2. The van der Waals surface area contributed by atoms with Crippen LogP contribution in [0, 0.1) is 0 Å². The van der Waals surface area contributed by atoms with Gasteiger partial charge in [-0.1, -0.05) is 43.1 Å². The van der Waals surface area contributed by atoms with E-state index >= 15 is 0 Å². The first-order valence-corrected chi connectivity index (χ1v) is 7.23. The van der Waals surface area contributed by atoms with Crippen LogP contribution in [0.3, 0.4) is 0 Å². The lowest BCUT2D eigenvalue weighted by molar-refractivity contribution is -0.0473. The summed E-state index contributed by atoms with van der Waals surface area (Å²) in [5, 5.41) is 1.12. The Morgan fingerprint density at radius 1 is 1.26 bits per heavy atom. The smallest absolute Gasteiger partial charge is 0.0842 e. The van der Waals surface area contributed by atoms with E-state index in [2.05, 4.69) is 19.3 Å². The maximum Gasteiger partial charge on any atom is 0.0842 e. The molecule has 1 unspecified atom stereocenters. The molecular formula is C14H22Cl2N2O. The molecule has 0 spiro atoms. The van der Waals surface area contributed by atoms with Crippen LogP contribution in [0.25, 0.3) is 0 Å². The van der Waals surface area contributed by atoms with Crippen molar-refractivity contribution in [2.24, 2.45) is 5.84 Å². The van der Waals surface area contributed by atoms with Crippen molar-refractivity contribution in [3.63, 3.8) is 0 Å². The van der Waals surface area contributed by atoms with Gasteiger partial charge >= 0.3 is 0 Å². The number of rotatable bonds is 7. The summed E-state index contributed by atoms with van der Waals surface area (Å²) in [6, 6.07) is 5.66. The van der Waals surface area contributed by atoms with E-state index in [4.69, 9.17) is 33.8 Å². The molecule has 0 saturated carbocycles. The zero-order valence-corrected chi connectivity index (χ0v) is 13.2. The lowest BCUT2D eigenvalue weighted by atomic mass is 9.85. The molecule has 0 saturated heterocycles. The summed E-state index contributed by atoms with van der Waals surface area (Å²) < 4.78 is 5.71. The van der Waals surface area contributed by atoms with Crippen LogP contribution in [-0.4, -0.2) is 18.8 Å². The summed E-state index contributed by atoms with van der Waals surface area (Å²) in [5.74, 6) is 5.71. The van der Waals surface area contributed by atoms with Crippen molar-refractivity contribution >= 4 is 23.2 Å². The Balaban J connectivity index is 2.95. The summed E-state index contributed by atoms with van der Waals surface area (Å²) in [6.45, 7) is 4.21. The summed E-state index contributed by atoms with van der Waals surface area (Å²) in [7, 11) is 1.73. The summed E-state index contributed by atoms with van der Waals surface area (Å²) in [6.07, 6.45) is 2.51. The highest BCUT2D eigenvalue weighted by Gasteiger charge is 2.35. The van der Waals surface area contributed by atoms with Crippen molar-refractivity contribution < 1.29 is 4.74 Å². The van der Waals surface area contributed by atoms with Gasteiger partial charge in [-0.3, -0.25) is 11.3 Å². The fourth-order valence-corrected chi connectivity index (χ4v) is 2.79. The van der Waals surface area contributed by atoms with E-state index in [1.54, 1.807) is 13.2 Å². The molecule has 1 atom stereocenters. The molecular weight excluding hydrogens is 283 g/mol. The number of hydrazine groups is 1. The lowest BCUT2D eigenvalue weighted by Crippen LogP contribution is -2.55. The maximum atomic E-state index is 6.04. The van der Waals surface area contributed by atoms with E-state index in [1.807, 2.05) is 12.1 Å². The van der Waals surface area contributed by atoms with Gasteiger partial charge in [-0.25, -0.2) is 0 Å². The van der Waals surface area contributed by atoms with Gasteiger partial charge in [-0.15, -0.1) is 0 Å². The van der Waals surface area contributed by atoms with Gasteiger partial charge in [-0.05, 0) is 37.0 Å². The summed E-state index contributed by atoms with van der Waals surface area (Å²) in [4.78, 5) is 0. The first-order valence-electron chi connectivity index (χ1n) is 6.48. The number of hydrogen-bond donors (Lipinski definition) is 2. The third kappa shape index (κ3) is 3.83. The minimum Gasteiger partial charge on any atom is -0.377 e. The number of benzene rings is 1. The average molecular weight is 305 g/mol. The minimum absolute atomic E-state index is 0.0183. The van der Waals surface area contributed by atoms with Crippen LogP contribution in [0.2, 0.25) is 10.0 Å². The molecule has 0 amide bonds. The van der Waals surface area contributed by atoms with Crippen LogP contribution in [0.15, 0.2) is 18.2 Å². The Hall–Kier alpha value is -0.320. The third-order valence-corrected chi connectivity index (χ3v) is 4.60. The fourth-order valence-electron chi connectivity index (χ4n) is 2.47. The van der Waals surface area contributed by atoms with E-state index in [0.29, 0.717) is 10.0 Å². The van der Waals surface area contributed by atoms with Gasteiger partial charge in [0.25, 0.3) is 0 Å². The molecule has 3 nitrogen and oxygen atoms in total. The standard InChI is InChI=1S/C14H22Cl2N2O/c1-4-14(5-2,19-3)13(18-17)9-10-6-7-11(15)12(16)8-10/h6-8,13,18H,4-5,9,17H2,1-3H3. The normalized spacial score (nSPS) is 13.6. The number of hydrogen-bond acceptors (Lipinski definition) is 3. The Kier molecular flexibility index (Phi) is 6.57. The molecule has 0 aliphatic heterocycles. The third-order valence-electron chi connectivity index (χ3n) is 3.86. The average Bonchev–Trinajstić information content (AvgIpc) is 2.43. The molecule has 0 aliphatic rings. The molecule has 1 rings (SSSR count). The molecule has 0 fully saturated rings. The largest absolute Gasteiger partial charge is 0.377 e. The van der Waals surface area contributed by atoms with Gasteiger partial charge in [0.05, 0.1) is 21.7 Å². The quantitative estimate of drug-likeness (QED) is 0.598. The Morgan fingerprint density at radius 2 is 1.89 bits per heavy atom. The fraction of sp³-hybridized carbons (Fsp3) is 0.571. The highest BCUT2D eigenvalue weighted by Crippen LogP contribution is 2.28. The van der Waals surface area contributed by atoms with Crippen molar-refractivity contribution in [2.75, 3.05) is 7.11 Å². The van der Waals surface area contributed by atoms with Crippen molar-refractivity contribution in [1.29, 1.82) is 0 Å². The second-order valence-corrected chi connectivity index (χ2v) is 5.46. The van der Waals surface area contributed by atoms with E-state index in [9.17, 15) is 0 Å². The monoisotopic (exact) mass is 304 g/mol. The topological polar surface area (TPSA) is 47.3 Å². The molecule has 0 aromatic heterocycles. The van der Waals surface area contributed by atoms with Crippen molar-refractivity contribution in [3.8, 4) is 0 Å². The molecule has 0 radical (unpaired) electrons. The number of nitrogens with one attached hydrogen (secondary N) is 1.